The monoisotopic (exact) mass is 367 g/mol. The normalized spacial score (nSPS) is 13.3. The van der Waals surface area contributed by atoms with E-state index in [0.29, 0.717) is 0 Å². The number of thiophene rings is 2. The molecule has 0 aliphatic carbocycles. The van der Waals surface area contributed by atoms with Gasteiger partial charge in [0.05, 0.1) is 23.0 Å². The smallest absolute Gasteiger partial charge is 0.0727 e. The molecule has 0 saturated carbocycles. The van der Waals surface area contributed by atoms with Crippen LogP contribution in [0.5, 0.6) is 0 Å². The minimum atomic E-state index is 1.17. The number of rotatable bonds is 0. The van der Waals surface area contributed by atoms with Crippen LogP contribution in [-0.4, -0.2) is 0 Å². The molecule has 1 aliphatic rings. The first-order valence-corrected chi connectivity index (χ1v) is 7.79. The highest BCUT2D eigenvalue weighted by Crippen LogP contribution is 2.52. The highest BCUT2D eigenvalue weighted by atomic mass is 79.9. The van der Waals surface area contributed by atoms with Crippen molar-refractivity contribution in [3.63, 3.8) is 0 Å². The maximum absolute atomic E-state index is 3.52. The van der Waals surface area contributed by atoms with Crippen LogP contribution in [0.3, 0.4) is 0 Å². The predicted octanol–water partition coefficient (Wildman–Crippen LogP) is 5.43. The number of fused-ring (bicyclic) bond motifs is 3. The lowest BCUT2D eigenvalue weighted by Gasteiger charge is -2.11. The van der Waals surface area contributed by atoms with E-state index in [4.69, 9.17) is 0 Å². The van der Waals surface area contributed by atoms with Gasteiger partial charge in [-0.1, -0.05) is 0 Å². The van der Waals surface area contributed by atoms with Crippen molar-refractivity contribution in [1.29, 1.82) is 0 Å². The average molecular weight is 369 g/mol. The van der Waals surface area contributed by atoms with Crippen LogP contribution in [0, 0.1) is 0 Å². The minimum absolute atomic E-state index is 1.17. The number of anilines is 1. The molecule has 1 aliphatic heterocycles. The Kier molecular flexibility index (Phi) is 2.44. The Hall–Kier alpha value is 0.510. The quantitative estimate of drug-likeness (QED) is 0.622. The third kappa shape index (κ3) is 1.48. The maximum atomic E-state index is 3.52. The molecule has 0 unspecified atom stereocenters. The summed E-state index contributed by atoms with van der Waals surface area (Å²) in [7, 11) is 0. The zero-order chi connectivity index (χ0) is 9.71. The largest absolute Gasteiger partial charge is 0.324 e. The molecule has 0 spiro atoms. The van der Waals surface area contributed by atoms with Gasteiger partial charge in [-0.15, -0.1) is 22.7 Å². The molecule has 2 aromatic heterocycles. The molecule has 0 amide bonds. The fraction of sp³-hybridized carbons (Fsp3) is 0. The molecule has 3 rings (SSSR count). The van der Waals surface area contributed by atoms with Crippen LogP contribution in [0.25, 0.3) is 9.75 Å². The molecule has 2 aromatic rings. The van der Waals surface area contributed by atoms with E-state index in [2.05, 4.69) is 48.7 Å². The average Bonchev–Trinajstić information content (AvgIpc) is 2.65. The highest BCUT2D eigenvalue weighted by Gasteiger charge is 2.21. The molecule has 6 heteroatoms. The molecule has 0 bridgehead atoms. The van der Waals surface area contributed by atoms with Gasteiger partial charge in [-0.3, -0.25) is 0 Å². The Bertz CT molecular complexity index is 456. The van der Waals surface area contributed by atoms with Crippen molar-refractivity contribution in [1.82, 2.24) is 0 Å². The van der Waals surface area contributed by atoms with Gasteiger partial charge in [-0.2, -0.15) is 0 Å². The SMILES string of the molecule is Brc1cc2c(s1)-c1sc(Br)cc1SN2. The molecule has 0 aromatic carbocycles. The molecular weight excluding hydrogens is 366 g/mol. The Morgan fingerprint density at radius 2 is 1.71 bits per heavy atom. The zero-order valence-corrected chi connectivity index (χ0v) is 12.3. The van der Waals surface area contributed by atoms with E-state index in [0.717, 1.165) is 0 Å². The van der Waals surface area contributed by atoms with Gasteiger partial charge in [0.15, 0.2) is 0 Å². The van der Waals surface area contributed by atoms with Crippen molar-refractivity contribution >= 4 is 72.2 Å². The van der Waals surface area contributed by atoms with E-state index < -0.39 is 0 Å². The second-order valence-corrected chi connectivity index (χ2v) is 8.45. The summed E-state index contributed by atoms with van der Waals surface area (Å²) in [6.07, 6.45) is 0. The molecule has 0 atom stereocenters. The lowest BCUT2D eigenvalue weighted by atomic mass is 10.3. The Balaban J connectivity index is 2.27. The van der Waals surface area contributed by atoms with Crippen molar-refractivity contribution in [2.24, 2.45) is 0 Å². The molecule has 14 heavy (non-hydrogen) atoms. The summed E-state index contributed by atoms with van der Waals surface area (Å²) in [6.45, 7) is 0. The molecule has 72 valence electrons. The fourth-order valence-corrected chi connectivity index (χ4v) is 5.86. The van der Waals surface area contributed by atoms with Crippen LogP contribution in [0.1, 0.15) is 0 Å². The van der Waals surface area contributed by atoms with Crippen molar-refractivity contribution < 1.29 is 0 Å². The number of halogens is 2. The summed E-state index contributed by atoms with van der Waals surface area (Å²) < 4.78 is 5.70. The second kappa shape index (κ2) is 3.52. The predicted molar refractivity (Wildman–Crippen MR) is 72.5 cm³/mol. The summed E-state index contributed by atoms with van der Waals surface area (Å²) in [4.78, 5) is 4.01. The second-order valence-electron chi connectivity index (χ2n) is 2.74. The van der Waals surface area contributed by atoms with Crippen LogP contribution in [0.4, 0.5) is 5.69 Å². The molecule has 0 saturated heterocycles. The van der Waals surface area contributed by atoms with E-state index in [1.165, 1.54) is 27.9 Å². The Morgan fingerprint density at radius 1 is 1.00 bits per heavy atom. The first kappa shape index (κ1) is 9.72. The van der Waals surface area contributed by atoms with Gasteiger partial charge in [0.1, 0.15) is 0 Å². The van der Waals surface area contributed by atoms with Gasteiger partial charge in [0, 0.05) is 4.90 Å². The minimum Gasteiger partial charge on any atom is -0.324 e. The summed E-state index contributed by atoms with van der Waals surface area (Å²) >= 11 is 12.3. The highest BCUT2D eigenvalue weighted by molar-refractivity contribution is 9.11. The summed E-state index contributed by atoms with van der Waals surface area (Å²) in [5.41, 5.74) is 1.22. The van der Waals surface area contributed by atoms with Gasteiger partial charge in [0.25, 0.3) is 0 Å². The first-order valence-electron chi connectivity index (χ1n) is 3.76. The Labute approximate surface area is 110 Å². The lowest BCUT2D eigenvalue weighted by Crippen LogP contribution is -1.91. The van der Waals surface area contributed by atoms with E-state index >= 15 is 0 Å². The van der Waals surface area contributed by atoms with Crippen molar-refractivity contribution in [3.8, 4) is 9.75 Å². The molecule has 0 fully saturated rings. The summed E-state index contributed by atoms with van der Waals surface area (Å²) in [5, 5.41) is 0. The lowest BCUT2D eigenvalue weighted by molar-refractivity contribution is 1.55. The van der Waals surface area contributed by atoms with Gasteiger partial charge in [0.2, 0.25) is 0 Å². The van der Waals surface area contributed by atoms with Gasteiger partial charge in [-0.05, 0) is 55.9 Å². The Morgan fingerprint density at radius 3 is 2.57 bits per heavy atom. The van der Waals surface area contributed by atoms with Crippen LogP contribution in [-0.2, 0) is 0 Å². The number of hydrogen-bond donors (Lipinski definition) is 1. The molecule has 0 radical (unpaired) electrons. The van der Waals surface area contributed by atoms with Gasteiger partial charge < -0.3 is 4.72 Å². The van der Waals surface area contributed by atoms with Crippen LogP contribution in [0.2, 0.25) is 0 Å². The van der Waals surface area contributed by atoms with Crippen molar-refractivity contribution in [3.05, 3.63) is 19.7 Å². The van der Waals surface area contributed by atoms with Gasteiger partial charge in [-0.25, -0.2) is 0 Å². The first-order chi connectivity index (χ1) is 6.74. The molecular formula is C8H3Br2NS3. The molecule has 1 nitrogen and oxygen atoms in total. The fourth-order valence-electron chi connectivity index (χ4n) is 1.30. The molecule has 1 N–H and O–H groups in total. The summed E-state index contributed by atoms with van der Waals surface area (Å²) in [6, 6.07) is 4.29. The van der Waals surface area contributed by atoms with E-state index in [1.54, 1.807) is 34.6 Å². The van der Waals surface area contributed by atoms with Gasteiger partial charge >= 0.3 is 0 Å². The molecule has 3 heterocycles. The maximum Gasteiger partial charge on any atom is 0.0727 e. The topological polar surface area (TPSA) is 12.0 Å². The summed E-state index contributed by atoms with van der Waals surface area (Å²) in [5.74, 6) is 0. The third-order valence-corrected chi connectivity index (χ3v) is 6.28. The van der Waals surface area contributed by atoms with E-state index in [-0.39, 0.29) is 0 Å². The van der Waals surface area contributed by atoms with Crippen molar-refractivity contribution in [2.45, 2.75) is 4.90 Å². The zero-order valence-electron chi connectivity index (χ0n) is 6.64. The van der Waals surface area contributed by atoms with Crippen LogP contribution >= 0.6 is 66.5 Å². The number of hydrogen-bond acceptors (Lipinski definition) is 4. The standard InChI is InChI=1S/C8H3Br2NS3/c9-5-1-3-7(12-5)8-4(14-11-3)2-6(10)13-8/h1-2,11H. The number of nitrogens with one attached hydrogen (secondary N) is 1. The van der Waals surface area contributed by atoms with E-state index in [1.807, 2.05) is 0 Å². The van der Waals surface area contributed by atoms with Crippen LogP contribution in [0.15, 0.2) is 24.6 Å². The third-order valence-electron chi connectivity index (χ3n) is 1.85. The van der Waals surface area contributed by atoms with Crippen LogP contribution < -0.4 is 4.72 Å². The van der Waals surface area contributed by atoms with E-state index in [9.17, 15) is 0 Å². The van der Waals surface area contributed by atoms with Crippen molar-refractivity contribution in [2.75, 3.05) is 4.72 Å².